The van der Waals surface area contributed by atoms with E-state index in [4.69, 9.17) is 5.73 Å². The zero-order chi connectivity index (χ0) is 12.3. The van der Waals surface area contributed by atoms with Crippen LogP contribution >= 0.6 is 11.3 Å². The quantitative estimate of drug-likeness (QED) is 0.873. The van der Waals surface area contributed by atoms with Gasteiger partial charge in [0.05, 0.1) is 11.2 Å². The minimum absolute atomic E-state index is 0.134. The van der Waals surface area contributed by atoms with Gasteiger partial charge in [0.15, 0.2) is 0 Å². The molecular weight excluding hydrogens is 234 g/mol. The zero-order valence-electron chi connectivity index (χ0n) is 9.43. The highest BCUT2D eigenvalue weighted by Crippen LogP contribution is 2.15. The van der Waals surface area contributed by atoms with Crippen molar-refractivity contribution in [1.82, 2.24) is 4.98 Å². The molecule has 1 aromatic carbocycles. The first-order valence-corrected chi connectivity index (χ1v) is 6.03. The summed E-state index contributed by atoms with van der Waals surface area (Å²) in [7, 11) is 0. The molecule has 0 aliphatic rings. The van der Waals surface area contributed by atoms with Gasteiger partial charge < -0.3 is 11.1 Å². The van der Waals surface area contributed by atoms with Gasteiger partial charge in [-0.3, -0.25) is 4.79 Å². The molecule has 4 nitrogen and oxygen atoms in total. The largest absolute Gasteiger partial charge is 0.326 e. The molecule has 0 bridgehead atoms. The molecular formula is C12H13N3OS. The number of aryl methyl sites for hydroxylation is 1. The van der Waals surface area contributed by atoms with Crippen molar-refractivity contribution in [3.63, 3.8) is 0 Å². The molecule has 1 aromatic heterocycles. The Hall–Kier alpha value is -1.72. The monoisotopic (exact) mass is 247 g/mol. The highest BCUT2D eigenvalue weighted by molar-refractivity contribution is 7.13. The number of amides is 1. The van der Waals surface area contributed by atoms with Gasteiger partial charge in [-0.05, 0) is 24.6 Å². The Labute approximate surface area is 103 Å². The number of hydrogen-bond donors (Lipinski definition) is 2. The van der Waals surface area contributed by atoms with Gasteiger partial charge in [-0.1, -0.05) is 12.1 Å². The van der Waals surface area contributed by atoms with Crippen LogP contribution < -0.4 is 11.1 Å². The average molecular weight is 247 g/mol. The molecule has 5 heteroatoms. The standard InChI is InChI=1S/C12H13N3OS/c1-8-14-7-11(17-8)12(16)15-10-4-2-3-9(5-10)6-13/h2-5,7H,6,13H2,1H3,(H,15,16). The van der Waals surface area contributed by atoms with Crippen LogP contribution in [0.25, 0.3) is 0 Å². The van der Waals surface area contributed by atoms with Crippen LogP contribution in [0.4, 0.5) is 5.69 Å². The summed E-state index contributed by atoms with van der Waals surface area (Å²) in [6.45, 7) is 2.33. The maximum absolute atomic E-state index is 11.9. The second-order valence-electron chi connectivity index (χ2n) is 3.60. The summed E-state index contributed by atoms with van der Waals surface area (Å²) < 4.78 is 0. The number of thiazole rings is 1. The third-order valence-electron chi connectivity index (χ3n) is 2.27. The third-order valence-corrected chi connectivity index (χ3v) is 3.18. The van der Waals surface area contributed by atoms with Gasteiger partial charge in [0.2, 0.25) is 0 Å². The summed E-state index contributed by atoms with van der Waals surface area (Å²) in [5, 5.41) is 3.70. The molecule has 1 amide bonds. The highest BCUT2D eigenvalue weighted by Gasteiger charge is 2.09. The van der Waals surface area contributed by atoms with Gasteiger partial charge in [-0.2, -0.15) is 0 Å². The number of aromatic nitrogens is 1. The van der Waals surface area contributed by atoms with Crippen molar-refractivity contribution in [3.8, 4) is 0 Å². The molecule has 1 heterocycles. The summed E-state index contributed by atoms with van der Waals surface area (Å²) in [5.41, 5.74) is 7.29. The van der Waals surface area contributed by atoms with E-state index in [1.165, 1.54) is 11.3 Å². The first-order chi connectivity index (χ1) is 8.19. The second kappa shape index (κ2) is 5.07. The van der Waals surface area contributed by atoms with Crippen molar-refractivity contribution in [2.45, 2.75) is 13.5 Å². The summed E-state index contributed by atoms with van der Waals surface area (Å²) in [5.74, 6) is -0.134. The van der Waals surface area contributed by atoms with E-state index in [1.807, 2.05) is 31.2 Å². The van der Waals surface area contributed by atoms with Gasteiger partial charge in [0.25, 0.3) is 5.91 Å². The Morgan fingerprint density at radius 1 is 1.53 bits per heavy atom. The SMILES string of the molecule is Cc1ncc(C(=O)Nc2cccc(CN)c2)s1. The number of anilines is 1. The lowest BCUT2D eigenvalue weighted by Crippen LogP contribution is -2.10. The van der Waals surface area contributed by atoms with Crippen LogP contribution in [0.15, 0.2) is 30.5 Å². The smallest absolute Gasteiger partial charge is 0.267 e. The van der Waals surface area contributed by atoms with Crippen LogP contribution in [0, 0.1) is 6.92 Å². The van der Waals surface area contributed by atoms with E-state index >= 15 is 0 Å². The van der Waals surface area contributed by atoms with Gasteiger partial charge in [-0.25, -0.2) is 4.98 Å². The van der Waals surface area contributed by atoms with Gasteiger partial charge in [-0.15, -0.1) is 11.3 Å². The number of nitrogens with zero attached hydrogens (tertiary/aromatic N) is 1. The van der Waals surface area contributed by atoms with Crippen LogP contribution in [0.1, 0.15) is 20.2 Å². The van der Waals surface area contributed by atoms with Crippen molar-refractivity contribution in [2.24, 2.45) is 5.73 Å². The Balaban J connectivity index is 2.12. The molecule has 2 aromatic rings. The molecule has 88 valence electrons. The number of nitrogens with two attached hydrogens (primary N) is 1. The van der Waals surface area contributed by atoms with Gasteiger partial charge in [0.1, 0.15) is 4.88 Å². The number of carbonyl (C=O) groups excluding carboxylic acids is 1. The maximum atomic E-state index is 11.9. The normalized spacial score (nSPS) is 10.2. The molecule has 0 atom stereocenters. The Morgan fingerprint density at radius 3 is 3.00 bits per heavy atom. The van der Waals surface area contributed by atoms with Crippen molar-refractivity contribution < 1.29 is 4.79 Å². The maximum Gasteiger partial charge on any atom is 0.267 e. The van der Waals surface area contributed by atoms with Gasteiger partial charge >= 0.3 is 0 Å². The van der Waals surface area contributed by atoms with Crippen molar-refractivity contribution in [2.75, 3.05) is 5.32 Å². The molecule has 2 rings (SSSR count). The molecule has 3 N–H and O–H groups in total. The second-order valence-corrected chi connectivity index (χ2v) is 4.84. The molecule has 0 fully saturated rings. The Morgan fingerprint density at radius 2 is 2.35 bits per heavy atom. The lowest BCUT2D eigenvalue weighted by Gasteiger charge is -2.04. The van der Waals surface area contributed by atoms with Gasteiger partial charge in [0, 0.05) is 12.2 Å². The van der Waals surface area contributed by atoms with E-state index in [1.54, 1.807) is 6.20 Å². The molecule has 0 spiro atoms. The summed E-state index contributed by atoms with van der Waals surface area (Å²) in [6, 6.07) is 7.50. The highest BCUT2D eigenvalue weighted by atomic mass is 32.1. The number of benzene rings is 1. The van der Waals surface area contributed by atoms with Crippen LogP contribution in [-0.4, -0.2) is 10.9 Å². The molecule has 0 saturated carbocycles. The fraction of sp³-hybridized carbons (Fsp3) is 0.167. The lowest BCUT2D eigenvalue weighted by molar-refractivity contribution is 0.103. The van der Waals surface area contributed by atoms with E-state index in [0.717, 1.165) is 16.3 Å². The minimum Gasteiger partial charge on any atom is -0.326 e. The molecule has 0 aliphatic heterocycles. The zero-order valence-corrected chi connectivity index (χ0v) is 10.3. The van der Waals surface area contributed by atoms with Crippen LogP contribution in [0.5, 0.6) is 0 Å². The number of rotatable bonds is 3. The lowest BCUT2D eigenvalue weighted by atomic mass is 10.2. The van der Waals surface area contributed by atoms with Crippen LogP contribution in [-0.2, 0) is 6.54 Å². The Kier molecular flexibility index (Phi) is 3.51. The van der Waals surface area contributed by atoms with E-state index in [9.17, 15) is 4.79 Å². The minimum atomic E-state index is -0.134. The van der Waals surface area contributed by atoms with Crippen LogP contribution in [0.3, 0.4) is 0 Å². The summed E-state index contributed by atoms with van der Waals surface area (Å²) in [4.78, 5) is 16.5. The summed E-state index contributed by atoms with van der Waals surface area (Å²) >= 11 is 1.38. The van der Waals surface area contributed by atoms with Crippen LogP contribution in [0.2, 0.25) is 0 Å². The van der Waals surface area contributed by atoms with Crippen molar-refractivity contribution >= 4 is 22.9 Å². The van der Waals surface area contributed by atoms with E-state index in [0.29, 0.717) is 11.4 Å². The molecule has 0 radical (unpaired) electrons. The topological polar surface area (TPSA) is 68.0 Å². The van der Waals surface area contributed by atoms with E-state index < -0.39 is 0 Å². The fourth-order valence-electron chi connectivity index (χ4n) is 1.44. The molecule has 17 heavy (non-hydrogen) atoms. The van der Waals surface area contributed by atoms with E-state index in [2.05, 4.69) is 10.3 Å². The summed E-state index contributed by atoms with van der Waals surface area (Å²) in [6.07, 6.45) is 1.59. The fourth-order valence-corrected chi connectivity index (χ4v) is 2.11. The number of hydrogen-bond acceptors (Lipinski definition) is 4. The third kappa shape index (κ3) is 2.89. The predicted octanol–water partition coefficient (Wildman–Crippen LogP) is 2.16. The first kappa shape index (κ1) is 11.8. The number of nitrogens with one attached hydrogen (secondary N) is 1. The number of carbonyl (C=O) groups is 1. The van der Waals surface area contributed by atoms with Crippen molar-refractivity contribution in [3.05, 3.63) is 45.9 Å². The Bertz CT molecular complexity index is 536. The van der Waals surface area contributed by atoms with E-state index in [-0.39, 0.29) is 5.91 Å². The first-order valence-electron chi connectivity index (χ1n) is 5.22. The molecule has 0 saturated heterocycles. The molecule has 0 aliphatic carbocycles. The van der Waals surface area contributed by atoms with Crippen molar-refractivity contribution in [1.29, 1.82) is 0 Å². The average Bonchev–Trinajstić information content (AvgIpc) is 2.76. The molecule has 0 unspecified atom stereocenters. The predicted molar refractivity (Wildman–Crippen MR) is 69.1 cm³/mol.